The van der Waals surface area contributed by atoms with Crippen molar-refractivity contribution in [3.8, 4) is 0 Å². The zero-order valence-electron chi connectivity index (χ0n) is 8.16. The summed E-state index contributed by atoms with van der Waals surface area (Å²) in [6.45, 7) is 1.71. The lowest BCUT2D eigenvalue weighted by Crippen LogP contribution is -2.38. The summed E-state index contributed by atoms with van der Waals surface area (Å²) in [6, 6.07) is -0.233. The van der Waals surface area contributed by atoms with Gasteiger partial charge < -0.3 is 15.4 Å². The van der Waals surface area contributed by atoms with Gasteiger partial charge in [-0.15, -0.1) is 0 Å². The number of aliphatic hydroxyl groups is 1. The number of rotatable bonds is 5. The molecule has 0 spiro atoms. The van der Waals surface area contributed by atoms with Gasteiger partial charge in [0.25, 0.3) is 0 Å². The second-order valence-electron chi connectivity index (χ2n) is 3.08. The van der Waals surface area contributed by atoms with Gasteiger partial charge in [0.1, 0.15) is 0 Å². The Balaban J connectivity index is 2.43. The Hall–Kier alpha value is -1.36. The van der Waals surface area contributed by atoms with Crippen molar-refractivity contribution in [3.63, 3.8) is 0 Å². The Kier molecular flexibility index (Phi) is 4.12. The number of H-pyrrole nitrogens is 1. The van der Waals surface area contributed by atoms with Crippen LogP contribution in [0.5, 0.6) is 0 Å². The summed E-state index contributed by atoms with van der Waals surface area (Å²) < 4.78 is 0. The van der Waals surface area contributed by atoms with E-state index in [1.54, 1.807) is 19.4 Å². The lowest BCUT2D eigenvalue weighted by atomic mass is 10.2. The number of aromatic nitrogens is 2. The zero-order valence-corrected chi connectivity index (χ0v) is 8.16. The van der Waals surface area contributed by atoms with Gasteiger partial charge in [0.05, 0.1) is 19.0 Å². The van der Waals surface area contributed by atoms with Crippen LogP contribution in [0.4, 0.5) is 0 Å². The number of hydrogen-bond donors (Lipinski definition) is 3. The van der Waals surface area contributed by atoms with Gasteiger partial charge in [-0.1, -0.05) is 6.92 Å². The predicted molar refractivity (Wildman–Crippen MR) is 51.6 cm³/mol. The topological polar surface area (TPSA) is 78.0 Å². The third kappa shape index (κ3) is 3.18. The molecule has 3 N–H and O–H groups in total. The van der Waals surface area contributed by atoms with Gasteiger partial charge in [-0.3, -0.25) is 4.79 Å². The number of aromatic amines is 1. The Morgan fingerprint density at radius 2 is 2.57 bits per heavy atom. The Morgan fingerprint density at radius 3 is 3.07 bits per heavy atom. The summed E-state index contributed by atoms with van der Waals surface area (Å²) in [6.07, 6.45) is 4.26. The van der Waals surface area contributed by atoms with Gasteiger partial charge in [-0.25, -0.2) is 4.98 Å². The Bertz CT molecular complexity index is 272. The van der Waals surface area contributed by atoms with Crippen LogP contribution in [0, 0.1) is 0 Å². The molecule has 0 unspecified atom stereocenters. The van der Waals surface area contributed by atoms with Crippen LogP contribution >= 0.6 is 0 Å². The highest BCUT2D eigenvalue weighted by molar-refractivity contribution is 5.75. The van der Waals surface area contributed by atoms with Gasteiger partial charge in [0.15, 0.2) is 0 Å². The molecule has 1 atom stereocenters. The molecule has 1 rings (SSSR count). The molecule has 0 bridgehead atoms. The monoisotopic (exact) mass is 197 g/mol. The summed E-state index contributed by atoms with van der Waals surface area (Å²) in [5.41, 5.74) is 0.903. The average Bonchev–Trinajstić information content (AvgIpc) is 2.69. The van der Waals surface area contributed by atoms with Gasteiger partial charge in [0.2, 0.25) is 5.91 Å². The number of hydrogen-bond acceptors (Lipinski definition) is 3. The molecule has 1 heterocycles. The molecule has 14 heavy (non-hydrogen) atoms. The van der Waals surface area contributed by atoms with Crippen molar-refractivity contribution < 1.29 is 9.90 Å². The maximum Gasteiger partial charge on any atom is 0.220 e. The van der Waals surface area contributed by atoms with Gasteiger partial charge >= 0.3 is 0 Å². The third-order valence-corrected chi connectivity index (χ3v) is 1.93. The van der Waals surface area contributed by atoms with Crippen molar-refractivity contribution in [1.82, 2.24) is 15.3 Å². The molecule has 0 fully saturated rings. The molecule has 5 nitrogen and oxygen atoms in total. The van der Waals surface area contributed by atoms with Crippen molar-refractivity contribution in [3.05, 3.63) is 18.2 Å². The van der Waals surface area contributed by atoms with Crippen LogP contribution in [-0.4, -0.2) is 33.6 Å². The molecule has 0 radical (unpaired) electrons. The Morgan fingerprint density at radius 1 is 1.79 bits per heavy atom. The largest absolute Gasteiger partial charge is 0.394 e. The molecule has 1 amide bonds. The molecule has 0 aliphatic rings. The first-order valence-electron chi connectivity index (χ1n) is 4.63. The van der Waals surface area contributed by atoms with Crippen LogP contribution in [0.1, 0.15) is 19.0 Å². The molecule has 1 aromatic rings. The first kappa shape index (κ1) is 10.7. The van der Waals surface area contributed by atoms with E-state index in [1.807, 2.05) is 0 Å². The molecule has 1 aromatic heterocycles. The summed E-state index contributed by atoms with van der Waals surface area (Å²) in [4.78, 5) is 17.8. The molecule has 0 saturated heterocycles. The highest BCUT2D eigenvalue weighted by Crippen LogP contribution is 1.98. The van der Waals surface area contributed by atoms with E-state index in [-0.39, 0.29) is 18.6 Å². The maximum absolute atomic E-state index is 11.1. The third-order valence-electron chi connectivity index (χ3n) is 1.93. The quantitative estimate of drug-likeness (QED) is 0.613. The summed E-state index contributed by atoms with van der Waals surface area (Å²) in [5.74, 6) is -0.0523. The van der Waals surface area contributed by atoms with Crippen molar-refractivity contribution in [2.75, 3.05) is 6.61 Å². The summed E-state index contributed by atoms with van der Waals surface area (Å²) in [5, 5.41) is 11.7. The predicted octanol–water partition coefficient (Wildman–Crippen LogP) is -0.161. The standard InChI is InChI=1S/C9H15N3O2/c1-2-9(14)12-8(5-13)3-7-4-10-6-11-7/h4,6,8,13H,2-3,5H2,1H3,(H,10,11)(H,12,14)/t8-/m1/s1. The van der Waals surface area contributed by atoms with E-state index >= 15 is 0 Å². The smallest absolute Gasteiger partial charge is 0.220 e. The SMILES string of the molecule is CCC(=O)N[C@@H](CO)Cc1cnc[nH]1. The molecule has 0 aliphatic heterocycles. The van der Waals surface area contributed by atoms with Crippen molar-refractivity contribution in [1.29, 1.82) is 0 Å². The second-order valence-corrected chi connectivity index (χ2v) is 3.08. The van der Waals surface area contributed by atoms with Crippen molar-refractivity contribution in [2.24, 2.45) is 0 Å². The van der Waals surface area contributed by atoms with Crippen molar-refractivity contribution in [2.45, 2.75) is 25.8 Å². The molecule has 78 valence electrons. The molecular formula is C9H15N3O2. The first-order valence-corrected chi connectivity index (χ1v) is 4.63. The van der Waals surface area contributed by atoms with Gasteiger partial charge in [0, 0.05) is 24.7 Å². The first-order chi connectivity index (χ1) is 6.76. The number of aliphatic hydroxyl groups excluding tert-OH is 1. The zero-order chi connectivity index (χ0) is 10.4. The number of carbonyl (C=O) groups excluding carboxylic acids is 1. The number of amides is 1. The van der Waals surface area contributed by atoms with Crippen LogP contribution in [-0.2, 0) is 11.2 Å². The van der Waals surface area contributed by atoms with E-state index in [0.717, 1.165) is 5.69 Å². The van der Waals surface area contributed by atoms with Gasteiger partial charge in [-0.2, -0.15) is 0 Å². The Labute approximate surface area is 82.6 Å². The number of nitrogens with one attached hydrogen (secondary N) is 2. The van der Waals surface area contributed by atoms with E-state index in [2.05, 4.69) is 15.3 Å². The molecule has 0 aromatic carbocycles. The highest BCUT2D eigenvalue weighted by atomic mass is 16.3. The van der Waals surface area contributed by atoms with Crippen molar-refractivity contribution >= 4 is 5.91 Å². The number of carbonyl (C=O) groups is 1. The minimum atomic E-state index is -0.233. The molecular weight excluding hydrogens is 182 g/mol. The normalized spacial score (nSPS) is 12.4. The van der Waals surface area contributed by atoms with E-state index in [9.17, 15) is 4.79 Å². The van der Waals surface area contributed by atoms with Crippen LogP contribution in [0.3, 0.4) is 0 Å². The fourth-order valence-electron chi connectivity index (χ4n) is 1.15. The molecule has 0 saturated carbocycles. The van der Waals surface area contributed by atoms with Crippen LogP contribution in [0.25, 0.3) is 0 Å². The van der Waals surface area contributed by atoms with E-state index in [4.69, 9.17) is 5.11 Å². The van der Waals surface area contributed by atoms with E-state index in [0.29, 0.717) is 12.8 Å². The lowest BCUT2D eigenvalue weighted by molar-refractivity contribution is -0.121. The van der Waals surface area contributed by atoms with Crippen LogP contribution in [0.15, 0.2) is 12.5 Å². The molecule has 0 aliphatic carbocycles. The molecule has 5 heteroatoms. The van der Waals surface area contributed by atoms with Crippen LogP contribution in [0.2, 0.25) is 0 Å². The van der Waals surface area contributed by atoms with E-state index in [1.165, 1.54) is 0 Å². The summed E-state index contributed by atoms with van der Waals surface area (Å²) in [7, 11) is 0. The van der Waals surface area contributed by atoms with E-state index < -0.39 is 0 Å². The fraction of sp³-hybridized carbons (Fsp3) is 0.556. The minimum absolute atomic E-state index is 0.0523. The van der Waals surface area contributed by atoms with Crippen LogP contribution < -0.4 is 5.32 Å². The highest BCUT2D eigenvalue weighted by Gasteiger charge is 2.11. The maximum atomic E-state index is 11.1. The average molecular weight is 197 g/mol. The summed E-state index contributed by atoms with van der Waals surface area (Å²) >= 11 is 0. The number of nitrogens with zero attached hydrogens (tertiary/aromatic N) is 1. The number of imidazole rings is 1. The fourth-order valence-corrected chi connectivity index (χ4v) is 1.15. The minimum Gasteiger partial charge on any atom is -0.394 e. The second kappa shape index (κ2) is 5.39. The van der Waals surface area contributed by atoms with Gasteiger partial charge in [-0.05, 0) is 0 Å². The lowest BCUT2D eigenvalue weighted by Gasteiger charge is -2.14.